The molecule has 4 aromatic rings. The Balaban J connectivity index is 1.41. The van der Waals surface area contributed by atoms with E-state index in [9.17, 15) is 9.59 Å². The first-order valence-electron chi connectivity index (χ1n) is 9.50. The Morgan fingerprint density at radius 3 is 2.41 bits per heavy atom. The second kappa shape index (κ2) is 8.40. The molecule has 4 rings (SSSR count). The minimum absolute atomic E-state index is 0.0948. The van der Waals surface area contributed by atoms with Gasteiger partial charge in [-0.1, -0.05) is 53.8 Å². The van der Waals surface area contributed by atoms with Crippen LogP contribution in [0.15, 0.2) is 59.4 Å². The Morgan fingerprint density at radius 1 is 1.00 bits per heavy atom. The van der Waals surface area contributed by atoms with Crippen molar-refractivity contribution >= 4 is 33.4 Å². The molecule has 0 atom stereocenters. The Bertz CT molecular complexity index is 1190. The van der Waals surface area contributed by atoms with Crippen molar-refractivity contribution in [3.63, 3.8) is 0 Å². The summed E-state index contributed by atoms with van der Waals surface area (Å²) < 4.78 is 3.37. The third-order valence-corrected chi connectivity index (χ3v) is 5.55. The number of carbonyl (C=O) groups excluding carboxylic acids is 1. The van der Waals surface area contributed by atoms with E-state index in [2.05, 4.69) is 15.5 Å². The van der Waals surface area contributed by atoms with Gasteiger partial charge in [-0.25, -0.2) is 4.79 Å². The number of hydrogen-bond acceptors (Lipinski definition) is 5. The van der Waals surface area contributed by atoms with Gasteiger partial charge < -0.3 is 5.32 Å². The van der Waals surface area contributed by atoms with E-state index in [1.54, 1.807) is 9.13 Å². The van der Waals surface area contributed by atoms with Crippen molar-refractivity contribution in [1.82, 2.24) is 19.3 Å². The number of fused-ring (bicyclic) bond motifs is 1. The quantitative estimate of drug-likeness (QED) is 0.510. The van der Waals surface area contributed by atoms with Gasteiger partial charge in [0.05, 0.1) is 11.0 Å². The smallest absolute Gasteiger partial charge is 0.300 e. The number of anilines is 1. The van der Waals surface area contributed by atoms with Crippen molar-refractivity contribution in [2.45, 2.75) is 32.9 Å². The molecule has 1 amide bonds. The first kappa shape index (κ1) is 19.1. The molecular weight excluding hydrogens is 386 g/mol. The summed E-state index contributed by atoms with van der Waals surface area (Å²) in [6.07, 6.45) is 0.867. The van der Waals surface area contributed by atoms with E-state index in [0.29, 0.717) is 24.6 Å². The van der Waals surface area contributed by atoms with Crippen molar-refractivity contribution < 1.29 is 4.79 Å². The summed E-state index contributed by atoms with van der Waals surface area (Å²) in [5.41, 5.74) is 2.78. The second-order valence-electron chi connectivity index (χ2n) is 6.63. The fraction of sp³-hybridized carbons (Fsp3) is 0.238. The number of carbonyl (C=O) groups is 1. The van der Waals surface area contributed by atoms with Crippen molar-refractivity contribution in [3.8, 4) is 0 Å². The molecule has 0 saturated heterocycles. The molecule has 8 heteroatoms. The molecule has 2 aromatic carbocycles. The first-order valence-corrected chi connectivity index (χ1v) is 10.3. The monoisotopic (exact) mass is 407 g/mol. The number of aromatic nitrogens is 4. The molecular formula is C21H21N5O2S. The summed E-state index contributed by atoms with van der Waals surface area (Å²) in [5.74, 6) is -0.187. The van der Waals surface area contributed by atoms with Crippen LogP contribution >= 0.6 is 11.3 Å². The first-order chi connectivity index (χ1) is 14.2. The van der Waals surface area contributed by atoms with Crippen molar-refractivity contribution in [1.29, 1.82) is 0 Å². The lowest BCUT2D eigenvalue weighted by Gasteiger charge is -2.03. The zero-order valence-electron chi connectivity index (χ0n) is 16.0. The van der Waals surface area contributed by atoms with Crippen molar-refractivity contribution in [2.75, 3.05) is 5.32 Å². The summed E-state index contributed by atoms with van der Waals surface area (Å²) in [5, 5.41) is 12.3. The van der Waals surface area contributed by atoms with E-state index in [-0.39, 0.29) is 18.0 Å². The molecule has 29 heavy (non-hydrogen) atoms. The van der Waals surface area contributed by atoms with E-state index < -0.39 is 0 Å². The second-order valence-corrected chi connectivity index (χ2v) is 7.69. The number of benzene rings is 2. The number of para-hydroxylation sites is 2. The molecule has 1 N–H and O–H groups in total. The Labute approximate surface area is 171 Å². The van der Waals surface area contributed by atoms with Crippen LogP contribution in [0, 0.1) is 0 Å². The maximum absolute atomic E-state index is 12.6. The third-order valence-electron chi connectivity index (χ3n) is 4.72. The largest absolute Gasteiger partial charge is 0.329 e. The highest BCUT2D eigenvalue weighted by atomic mass is 32.1. The molecule has 0 unspecified atom stereocenters. The summed E-state index contributed by atoms with van der Waals surface area (Å²) >= 11 is 1.36. The Kier molecular flexibility index (Phi) is 5.53. The molecule has 0 aliphatic carbocycles. The van der Waals surface area contributed by atoms with Gasteiger partial charge in [0.15, 0.2) is 0 Å². The molecule has 7 nitrogen and oxygen atoms in total. The SMILES string of the molecule is CCn1c(=O)n(CCC(=O)Nc2nnc(Cc3ccccc3)s2)c2ccccc21. The molecule has 0 aliphatic rings. The maximum atomic E-state index is 12.6. The molecule has 0 bridgehead atoms. The van der Waals surface area contributed by atoms with Crippen molar-refractivity contribution in [3.05, 3.63) is 75.7 Å². The predicted octanol–water partition coefficient (Wildman–Crippen LogP) is 3.29. The zero-order valence-corrected chi connectivity index (χ0v) is 16.9. The predicted molar refractivity (Wildman–Crippen MR) is 114 cm³/mol. The molecule has 2 aromatic heterocycles. The van der Waals surface area contributed by atoms with Crippen LogP contribution < -0.4 is 11.0 Å². The molecule has 0 saturated carbocycles. The molecule has 0 fully saturated rings. The van der Waals surface area contributed by atoms with Gasteiger partial charge in [0.2, 0.25) is 11.0 Å². The lowest BCUT2D eigenvalue weighted by molar-refractivity contribution is -0.116. The molecule has 148 valence electrons. The molecule has 0 aliphatic heterocycles. The van der Waals surface area contributed by atoms with Crippen LogP contribution in [0.4, 0.5) is 5.13 Å². The Hall–Kier alpha value is -3.26. The van der Waals surface area contributed by atoms with Gasteiger partial charge in [-0.2, -0.15) is 0 Å². The van der Waals surface area contributed by atoms with Crippen LogP contribution in [0.1, 0.15) is 23.9 Å². The number of nitrogens with zero attached hydrogens (tertiary/aromatic N) is 4. The van der Waals surface area contributed by atoms with Gasteiger partial charge in [0.1, 0.15) is 5.01 Å². The van der Waals surface area contributed by atoms with Crippen LogP contribution in [0.3, 0.4) is 0 Å². The lowest BCUT2D eigenvalue weighted by atomic mass is 10.2. The molecule has 0 spiro atoms. The Morgan fingerprint density at radius 2 is 1.69 bits per heavy atom. The van der Waals surface area contributed by atoms with Crippen LogP contribution in [0.5, 0.6) is 0 Å². The van der Waals surface area contributed by atoms with E-state index in [4.69, 9.17) is 0 Å². The maximum Gasteiger partial charge on any atom is 0.329 e. The summed E-state index contributed by atoms with van der Waals surface area (Å²) in [6, 6.07) is 17.6. The average Bonchev–Trinajstić information content (AvgIpc) is 3.28. The van der Waals surface area contributed by atoms with Crippen LogP contribution in [0.2, 0.25) is 0 Å². The number of amides is 1. The minimum Gasteiger partial charge on any atom is -0.300 e. The van der Waals surface area contributed by atoms with Gasteiger partial charge >= 0.3 is 5.69 Å². The van der Waals surface area contributed by atoms with Gasteiger partial charge in [0.25, 0.3) is 0 Å². The van der Waals surface area contributed by atoms with E-state index in [0.717, 1.165) is 21.6 Å². The number of hydrogen-bond donors (Lipinski definition) is 1. The third kappa shape index (κ3) is 4.12. The van der Waals surface area contributed by atoms with E-state index in [1.807, 2.05) is 61.5 Å². The van der Waals surface area contributed by atoms with Crippen LogP contribution in [0.25, 0.3) is 11.0 Å². The van der Waals surface area contributed by atoms with Gasteiger partial charge in [0, 0.05) is 25.9 Å². The summed E-state index contributed by atoms with van der Waals surface area (Å²) in [4.78, 5) is 25.0. The highest BCUT2D eigenvalue weighted by Gasteiger charge is 2.14. The lowest BCUT2D eigenvalue weighted by Crippen LogP contribution is -2.25. The minimum atomic E-state index is -0.187. The fourth-order valence-electron chi connectivity index (χ4n) is 3.34. The molecule has 0 radical (unpaired) electrons. The van der Waals surface area contributed by atoms with Gasteiger partial charge in [-0.05, 0) is 24.6 Å². The summed E-state index contributed by atoms with van der Waals surface area (Å²) in [7, 11) is 0. The topological polar surface area (TPSA) is 81.8 Å². The van der Waals surface area contributed by atoms with E-state index in [1.165, 1.54) is 11.3 Å². The van der Waals surface area contributed by atoms with Gasteiger partial charge in [-0.3, -0.25) is 13.9 Å². The zero-order chi connectivity index (χ0) is 20.2. The normalized spacial score (nSPS) is 11.1. The van der Waals surface area contributed by atoms with Gasteiger partial charge in [-0.15, -0.1) is 10.2 Å². The van der Waals surface area contributed by atoms with Crippen molar-refractivity contribution in [2.24, 2.45) is 0 Å². The number of rotatable bonds is 7. The van der Waals surface area contributed by atoms with Crippen LogP contribution in [-0.4, -0.2) is 25.2 Å². The number of aryl methyl sites for hydroxylation is 2. The number of imidazole rings is 1. The summed E-state index contributed by atoms with van der Waals surface area (Å²) in [6.45, 7) is 2.84. The standard InChI is InChI=1S/C21H21N5O2S/c1-2-25-16-10-6-7-11-17(16)26(21(25)28)13-12-18(27)22-20-24-23-19(29-20)14-15-8-4-3-5-9-15/h3-11H,2,12-14H2,1H3,(H,22,24,27). The molecule has 2 heterocycles. The van der Waals surface area contributed by atoms with Crippen LogP contribution in [-0.2, 0) is 24.3 Å². The number of nitrogens with one attached hydrogen (secondary N) is 1. The van der Waals surface area contributed by atoms with E-state index >= 15 is 0 Å². The fourth-order valence-corrected chi connectivity index (χ4v) is 4.13. The highest BCUT2D eigenvalue weighted by Crippen LogP contribution is 2.19. The average molecular weight is 407 g/mol. The highest BCUT2D eigenvalue weighted by molar-refractivity contribution is 7.15.